The van der Waals surface area contributed by atoms with Crippen LogP contribution in [0.2, 0.25) is 0 Å². The van der Waals surface area contributed by atoms with Crippen molar-refractivity contribution in [1.82, 2.24) is 0 Å². The maximum absolute atomic E-state index is 11.0. The molecule has 0 spiro atoms. The van der Waals surface area contributed by atoms with Gasteiger partial charge in [-0.1, -0.05) is 12.1 Å². The third kappa shape index (κ3) is 1.58. The predicted molar refractivity (Wildman–Crippen MR) is 41.4 cm³/mol. The van der Waals surface area contributed by atoms with E-state index in [2.05, 4.69) is 10.8 Å². The van der Waals surface area contributed by atoms with Crippen molar-refractivity contribution in [1.29, 1.82) is 0 Å². The number of carbonyl (C=O) groups excluding carboxylic acids is 1. The van der Waals surface area contributed by atoms with E-state index < -0.39 is 0 Å². The van der Waals surface area contributed by atoms with Crippen LogP contribution in [0.15, 0.2) is 18.2 Å². The Bertz CT molecular complexity index is 266. The first-order chi connectivity index (χ1) is 5.25. The van der Waals surface area contributed by atoms with Crippen LogP contribution in [-0.4, -0.2) is 13.1 Å². The van der Waals surface area contributed by atoms with Crippen molar-refractivity contribution in [2.75, 3.05) is 7.11 Å². The Balaban J connectivity index is 3.03. The Morgan fingerprint density at radius 2 is 2.36 bits per heavy atom. The number of carbonyl (C=O) groups is 1. The zero-order valence-corrected chi connectivity index (χ0v) is 6.55. The average molecular weight is 149 g/mol. The Morgan fingerprint density at radius 3 is 2.91 bits per heavy atom. The summed E-state index contributed by atoms with van der Waals surface area (Å²) in [7, 11) is 1.37. The summed E-state index contributed by atoms with van der Waals surface area (Å²) in [6.45, 7) is 1.83. The molecule has 0 bridgehead atoms. The van der Waals surface area contributed by atoms with Crippen LogP contribution < -0.4 is 0 Å². The number of benzene rings is 1. The third-order valence-corrected chi connectivity index (χ3v) is 1.47. The zero-order chi connectivity index (χ0) is 8.27. The van der Waals surface area contributed by atoms with Gasteiger partial charge < -0.3 is 4.74 Å². The smallest absolute Gasteiger partial charge is 0.338 e. The lowest BCUT2D eigenvalue weighted by Gasteiger charge is -2.00. The highest BCUT2D eigenvalue weighted by molar-refractivity contribution is 5.90. The first-order valence-electron chi connectivity index (χ1n) is 3.31. The van der Waals surface area contributed by atoms with Crippen LogP contribution in [0.4, 0.5) is 0 Å². The van der Waals surface area contributed by atoms with Crippen molar-refractivity contribution in [2.45, 2.75) is 6.92 Å². The fourth-order valence-corrected chi connectivity index (χ4v) is 0.851. The minimum absolute atomic E-state index is 0.306. The molecule has 0 aliphatic heterocycles. The van der Waals surface area contributed by atoms with Gasteiger partial charge in [0, 0.05) is 0 Å². The molecule has 0 N–H and O–H groups in total. The molecule has 0 unspecified atom stereocenters. The second kappa shape index (κ2) is 3.19. The molecule has 0 aromatic heterocycles. The van der Waals surface area contributed by atoms with E-state index in [4.69, 9.17) is 0 Å². The van der Waals surface area contributed by atoms with E-state index >= 15 is 0 Å². The Kier molecular flexibility index (Phi) is 2.26. The van der Waals surface area contributed by atoms with Crippen molar-refractivity contribution in [3.05, 3.63) is 35.4 Å². The normalized spacial score (nSPS) is 9.27. The second-order valence-corrected chi connectivity index (χ2v) is 2.20. The molecule has 11 heavy (non-hydrogen) atoms. The summed E-state index contributed by atoms with van der Waals surface area (Å²) in [4.78, 5) is 11.0. The van der Waals surface area contributed by atoms with E-state index in [-0.39, 0.29) is 5.97 Å². The number of ether oxygens (including phenoxy) is 1. The van der Waals surface area contributed by atoms with Gasteiger partial charge in [-0.2, -0.15) is 0 Å². The lowest BCUT2D eigenvalue weighted by atomic mass is 10.1. The first-order valence-corrected chi connectivity index (χ1v) is 3.31. The summed E-state index contributed by atoms with van der Waals surface area (Å²) in [5.74, 6) is -0.306. The van der Waals surface area contributed by atoms with Gasteiger partial charge in [0.05, 0.1) is 12.7 Å². The molecule has 0 heterocycles. The van der Waals surface area contributed by atoms with Crippen molar-refractivity contribution in [3.8, 4) is 0 Å². The fraction of sp³-hybridized carbons (Fsp3) is 0.222. The summed E-state index contributed by atoms with van der Waals surface area (Å²) in [5, 5.41) is 0. The summed E-state index contributed by atoms with van der Waals surface area (Å²) in [6, 6.07) is 8.16. The predicted octanol–water partition coefficient (Wildman–Crippen LogP) is 1.58. The molecular weight excluding hydrogens is 140 g/mol. The molecule has 2 heteroatoms. The molecule has 0 aliphatic rings. The SMILES string of the molecule is COC(=O)c1ccc[c]c1C. The van der Waals surface area contributed by atoms with Gasteiger partial charge >= 0.3 is 5.97 Å². The Hall–Kier alpha value is -1.31. The van der Waals surface area contributed by atoms with E-state index in [0.717, 1.165) is 5.56 Å². The van der Waals surface area contributed by atoms with E-state index in [1.807, 2.05) is 6.92 Å². The summed E-state index contributed by atoms with van der Waals surface area (Å²) >= 11 is 0. The van der Waals surface area contributed by atoms with Crippen LogP contribution >= 0.6 is 0 Å². The van der Waals surface area contributed by atoms with Crippen LogP contribution in [0, 0.1) is 13.0 Å². The number of aryl methyl sites for hydroxylation is 1. The highest BCUT2D eigenvalue weighted by atomic mass is 16.5. The lowest BCUT2D eigenvalue weighted by Crippen LogP contribution is -2.02. The standard InChI is InChI=1S/C9H9O2/c1-7-5-3-4-6-8(7)9(10)11-2/h3-4,6H,1-2H3. The van der Waals surface area contributed by atoms with Gasteiger partial charge in [-0.25, -0.2) is 4.79 Å². The molecular formula is C9H9O2. The maximum atomic E-state index is 11.0. The van der Waals surface area contributed by atoms with Gasteiger partial charge in [0.2, 0.25) is 0 Å². The van der Waals surface area contributed by atoms with E-state index in [9.17, 15) is 4.79 Å². The van der Waals surface area contributed by atoms with Gasteiger partial charge in [0.15, 0.2) is 0 Å². The number of hydrogen-bond acceptors (Lipinski definition) is 2. The van der Waals surface area contributed by atoms with Gasteiger partial charge in [0.1, 0.15) is 0 Å². The molecule has 0 saturated heterocycles. The molecule has 0 saturated carbocycles. The zero-order valence-electron chi connectivity index (χ0n) is 6.55. The van der Waals surface area contributed by atoms with Crippen LogP contribution in [-0.2, 0) is 4.74 Å². The Morgan fingerprint density at radius 1 is 1.64 bits per heavy atom. The van der Waals surface area contributed by atoms with Crippen LogP contribution in [0.3, 0.4) is 0 Å². The van der Waals surface area contributed by atoms with Gasteiger partial charge in [-0.05, 0) is 24.6 Å². The molecule has 0 fully saturated rings. The topological polar surface area (TPSA) is 26.3 Å². The first kappa shape index (κ1) is 7.79. The van der Waals surface area contributed by atoms with Gasteiger partial charge in [-0.15, -0.1) is 0 Å². The van der Waals surface area contributed by atoms with E-state index in [1.54, 1.807) is 18.2 Å². The summed E-state index contributed by atoms with van der Waals surface area (Å²) < 4.78 is 4.56. The largest absolute Gasteiger partial charge is 0.465 e. The average Bonchev–Trinajstić information content (AvgIpc) is 2.04. The van der Waals surface area contributed by atoms with Gasteiger partial charge in [0.25, 0.3) is 0 Å². The highest BCUT2D eigenvalue weighted by Crippen LogP contribution is 2.06. The molecule has 2 nitrogen and oxygen atoms in total. The molecule has 1 radical (unpaired) electrons. The molecule has 0 amide bonds. The van der Waals surface area contributed by atoms with Crippen LogP contribution in [0.25, 0.3) is 0 Å². The number of hydrogen-bond donors (Lipinski definition) is 0. The van der Waals surface area contributed by atoms with E-state index in [0.29, 0.717) is 5.56 Å². The Labute approximate surface area is 65.8 Å². The van der Waals surface area contributed by atoms with Crippen molar-refractivity contribution in [2.24, 2.45) is 0 Å². The molecule has 0 aliphatic carbocycles. The fourth-order valence-electron chi connectivity index (χ4n) is 0.851. The molecule has 57 valence electrons. The minimum atomic E-state index is -0.306. The third-order valence-electron chi connectivity index (χ3n) is 1.47. The van der Waals surface area contributed by atoms with Crippen molar-refractivity contribution >= 4 is 5.97 Å². The number of methoxy groups -OCH3 is 1. The number of rotatable bonds is 1. The highest BCUT2D eigenvalue weighted by Gasteiger charge is 2.06. The second-order valence-electron chi connectivity index (χ2n) is 2.20. The van der Waals surface area contributed by atoms with E-state index in [1.165, 1.54) is 7.11 Å². The van der Waals surface area contributed by atoms with Crippen LogP contribution in [0.5, 0.6) is 0 Å². The quantitative estimate of drug-likeness (QED) is 0.567. The van der Waals surface area contributed by atoms with Gasteiger partial charge in [-0.3, -0.25) is 0 Å². The maximum Gasteiger partial charge on any atom is 0.338 e. The summed E-state index contributed by atoms with van der Waals surface area (Å²) in [5.41, 5.74) is 1.40. The summed E-state index contributed by atoms with van der Waals surface area (Å²) in [6.07, 6.45) is 0. The minimum Gasteiger partial charge on any atom is -0.465 e. The van der Waals surface area contributed by atoms with Crippen molar-refractivity contribution in [3.63, 3.8) is 0 Å². The molecule has 1 aromatic carbocycles. The molecule has 1 rings (SSSR count). The number of esters is 1. The monoisotopic (exact) mass is 149 g/mol. The molecule has 1 aromatic rings. The lowest BCUT2D eigenvalue weighted by molar-refractivity contribution is 0.0600. The van der Waals surface area contributed by atoms with Crippen molar-refractivity contribution < 1.29 is 9.53 Å². The molecule has 0 atom stereocenters. The van der Waals surface area contributed by atoms with Crippen LogP contribution in [0.1, 0.15) is 15.9 Å².